The predicted molar refractivity (Wildman–Crippen MR) is 130 cm³/mol. The van der Waals surface area contributed by atoms with Crippen molar-refractivity contribution in [1.29, 1.82) is 0 Å². The number of halogens is 1. The van der Waals surface area contributed by atoms with Crippen LogP contribution in [0.3, 0.4) is 0 Å². The van der Waals surface area contributed by atoms with Gasteiger partial charge in [0.1, 0.15) is 5.75 Å². The van der Waals surface area contributed by atoms with E-state index in [4.69, 9.17) is 4.74 Å². The molecule has 6 nitrogen and oxygen atoms in total. The van der Waals surface area contributed by atoms with Crippen molar-refractivity contribution in [1.82, 2.24) is 13.5 Å². The van der Waals surface area contributed by atoms with Gasteiger partial charge >= 0.3 is 0 Å². The highest BCUT2D eigenvalue weighted by Gasteiger charge is 2.30. The molecule has 2 heterocycles. The first-order valence-electron chi connectivity index (χ1n) is 11.5. The van der Waals surface area contributed by atoms with Crippen molar-refractivity contribution in [2.45, 2.75) is 44.9 Å². The topological polar surface area (TPSA) is 53.1 Å². The number of methoxy groups -OCH3 is 1. The Balaban J connectivity index is 1.38. The lowest BCUT2D eigenvalue weighted by Gasteiger charge is -2.35. The summed E-state index contributed by atoms with van der Waals surface area (Å²) in [5.41, 5.74) is 1.34. The zero-order valence-corrected chi connectivity index (χ0v) is 21.6. The largest absolute Gasteiger partial charge is 0.497 e. The van der Waals surface area contributed by atoms with Crippen LogP contribution >= 0.6 is 15.9 Å². The standard InChI is InChI=1S/C23H38BrN3O3S/c1-25(2)31(28,29)27-13-5-7-20(18-27)6-4-12-26-14-10-19(11-15-26)16-21-17-22(30-3)8-9-23(21)24/h8-9,17,19-20H,4-7,10-16,18H2,1-3H3. The van der Waals surface area contributed by atoms with E-state index in [-0.39, 0.29) is 0 Å². The summed E-state index contributed by atoms with van der Waals surface area (Å²) in [7, 11) is 1.69. The Labute approximate surface area is 197 Å². The fraction of sp³-hybridized carbons (Fsp3) is 0.739. The van der Waals surface area contributed by atoms with E-state index in [9.17, 15) is 8.42 Å². The van der Waals surface area contributed by atoms with Crippen LogP contribution in [0.5, 0.6) is 5.75 Å². The first-order chi connectivity index (χ1) is 14.8. The molecule has 31 heavy (non-hydrogen) atoms. The fourth-order valence-corrected chi connectivity index (χ4v) is 6.50. The summed E-state index contributed by atoms with van der Waals surface area (Å²) < 4.78 is 34.4. The van der Waals surface area contributed by atoms with Crippen molar-refractivity contribution in [3.8, 4) is 5.75 Å². The molecule has 1 atom stereocenters. The number of benzene rings is 1. The Hall–Kier alpha value is -0.670. The third-order valence-corrected chi connectivity index (χ3v) is 9.51. The van der Waals surface area contributed by atoms with E-state index in [2.05, 4.69) is 33.0 Å². The van der Waals surface area contributed by atoms with Gasteiger partial charge in [-0.25, -0.2) is 0 Å². The highest BCUT2D eigenvalue weighted by Crippen LogP contribution is 2.29. The van der Waals surface area contributed by atoms with Crippen molar-refractivity contribution in [2.24, 2.45) is 11.8 Å². The molecule has 2 aliphatic rings. The molecule has 0 saturated carbocycles. The summed E-state index contributed by atoms with van der Waals surface area (Å²) in [4.78, 5) is 2.59. The maximum atomic E-state index is 12.4. The molecule has 0 aliphatic carbocycles. The van der Waals surface area contributed by atoms with Gasteiger partial charge in [0.25, 0.3) is 10.2 Å². The van der Waals surface area contributed by atoms with Crippen LogP contribution in [-0.4, -0.2) is 75.9 Å². The highest BCUT2D eigenvalue weighted by atomic mass is 79.9. The smallest absolute Gasteiger partial charge is 0.281 e. The summed E-state index contributed by atoms with van der Waals surface area (Å²) in [6, 6.07) is 6.23. The van der Waals surface area contributed by atoms with Gasteiger partial charge in [0, 0.05) is 31.7 Å². The number of nitrogens with zero attached hydrogens (tertiary/aromatic N) is 3. The quantitative estimate of drug-likeness (QED) is 0.498. The summed E-state index contributed by atoms with van der Waals surface area (Å²) in [6.45, 7) is 4.80. The van der Waals surface area contributed by atoms with Crippen LogP contribution in [0.1, 0.15) is 44.1 Å². The molecule has 0 radical (unpaired) electrons. The van der Waals surface area contributed by atoms with Gasteiger partial charge in [0.2, 0.25) is 0 Å². The van der Waals surface area contributed by atoms with Crippen LogP contribution in [0.2, 0.25) is 0 Å². The Morgan fingerprint density at radius 1 is 1.13 bits per heavy atom. The molecular weight excluding hydrogens is 478 g/mol. The second-order valence-electron chi connectivity index (χ2n) is 9.25. The predicted octanol–water partition coefficient (Wildman–Crippen LogP) is 4.01. The van der Waals surface area contributed by atoms with Gasteiger partial charge in [-0.3, -0.25) is 0 Å². The molecule has 2 fully saturated rings. The highest BCUT2D eigenvalue weighted by molar-refractivity contribution is 9.10. The molecule has 176 valence electrons. The molecule has 1 unspecified atom stereocenters. The third kappa shape index (κ3) is 6.90. The van der Waals surface area contributed by atoms with Crippen LogP contribution < -0.4 is 4.74 Å². The van der Waals surface area contributed by atoms with Gasteiger partial charge in [0.05, 0.1) is 7.11 Å². The Morgan fingerprint density at radius 3 is 2.55 bits per heavy atom. The lowest BCUT2D eigenvalue weighted by Crippen LogP contribution is -2.45. The Kier molecular flexibility index (Phi) is 9.22. The van der Waals surface area contributed by atoms with E-state index < -0.39 is 10.2 Å². The Morgan fingerprint density at radius 2 is 1.87 bits per heavy atom. The average Bonchev–Trinajstić information content (AvgIpc) is 2.76. The zero-order valence-electron chi connectivity index (χ0n) is 19.2. The molecule has 2 saturated heterocycles. The van der Waals surface area contributed by atoms with E-state index in [1.165, 1.54) is 27.2 Å². The lowest BCUT2D eigenvalue weighted by molar-refractivity contribution is 0.172. The van der Waals surface area contributed by atoms with E-state index in [0.717, 1.165) is 63.4 Å². The second kappa shape index (κ2) is 11.5. The molecule has 1 aromatic carbocycles. The molecular formula is C23H38BrN3O3S. The van der Waals surface area contributed by atoms with Crippen LogP contribution in [0.15, 0.2) is 22.7 Å². The molecule has 0 amide bonds. The van der Waals surface area contributed by atoms with Crippen LogP contribution in [-0.2, 0) is 16.6 Å². The Bertz CT molecular complexity index is 810. The molecule has 0 aromatic heterocycles. The van der Waals surface area contributed by atoms with Crippen molar-refractivity contribution in [3.05, 3.63) is 28.2 Å². The number of likely N-dealkylation sites (tertiary alicyclic amines) is 1. The minimum absolute atomic E-state index is 0.492. The number of ether oxygens (including phenoxy) is 1. The maximum Gasteiger partial charge on any atom is 0.281 e. The van der Waals surface area contributed by atoms with Crippen molar-refractivity contribution < 1.29 is 13.2 Å². The summed E-state index contributed by atoms with van der Waals surface area (Å²) in [6.07, 6.45) is 7.98. The first-order valence-corrected chi connectivity index (χ1v) is 13.7. The number of piperidine rings is 2. The molecule has 0 spiro atoms. The number of rotatable bonds is 9. The third-order valence-electron chi connectivity index (χ3n) is 6.82. The van der Waals surface area contributed by atoms with E-state index >= 15 is 0 Å². The van der Waals surface area contributed by atoms with Gasteiger partial charge in [-0.15, -0.1) is 0 Å². The minimum Gasteiger partial charge on any atom is -0.497 e. The lowest BCUT2D eigenvalue weighted by atomic mass is 9.89. The van der Waals surface area contributed by atoms with Gasteiger partial charge < -0.3 is 9.64 Å². The second-order valence-corrected chi connectivity index (χ2v) is 12.2. The summed E-state index contributed by atoms with van der Waals surface area (Å²) in [5, 5.41) is 0. The molecule has 0 N–H and O–H groups in total. The normalized spacial score (nSPS) is 22.2. The zero-order chi connectivity index (χ0) is 22.4. The van der Waals surface area contributed by atoms with E-state index in [0.29, 0.717) is 19.0 Å². The monoisotopic (exact) mass is 515 g/mol. The van der Waals surface area contributed by atoms with Crippen LogP contribution in [0.25, 0.3) is 0 Å². The van der Waals surface area contributed by atoms with Gasteiger partial charge in [-0.2, -0.15) is 17.0 Å². The van der Waals surface area contributed by atoms with E-state index in [1.54, 1.807) is 25.5 Å². The summed E-state index contributed by atoms with van der Waals surface area (Å²) in [5.74, 6) is 2.14. The van der Waals surface area contributed by atoms with Crippen LogP contribution in [0, 0.1) is 11.8 Å². The molecule has 0 bridgehead atoms. The van der Waals surface area contributed by atoms with Crippen molar-refractivity contribution in [2.75, 3.05) is 53.9 Å². The molecule has 1 aromatic rings. The molecule has 3 rings (SSSR count). The molecule has 2 aliphatic heterocycles. The first kappa shape index (κ1) is 25.0. The average molecular weight is 517 g/mol. The van der Waals surface area contributed by atoms with Crippen molar-refractivity contribution >= 4 is 26.1 Å². The maximum absolute atomic E-state index is 12.4. The van der Waals surface area contributed by atoms with Crippen LogP contribution in [0.4, 0.5) is 0 Å². The molecule has 8 heteroatoms. The van der Waals surface area contributed by atoms with Gasteiger partial charge in [-0.1, -0.05) is 15.9 Å². The van der Waals surface area contributed by atoms with E-state index in [1.807, 2.05) is 6.07 Å². The SMILES string of the molecule is COc1ccc(Br)c(CC2CCN(CCCC3CCCN(S(=O)(=O)N(C)C)C3)CC2)c1. The fourth-order valence-electron chi connectivity index (χ4n) is 4.87. The van der Waals surface area contributed by atoms with Gasteiger partial charge in [-0.05, 0) is 100 Å². The van der Waals surface area contributed by atoms with Crippen molar-refractivity contribution in [3.63, 3.8) is 0 Å². The number of hydrogen-bond acceptors (Lipinski definition) is 4. The van der Waals surface area contributed by atoms with Gasteiger partial charge in [0.15, 0.2) is 0 Å². The minimum atomic E-state index is -3.27. The summed E-state index contributed by atoms with van der Waals surface area (Å²) >= 11 is 3.68. The number of hydrogen-bond donors (Lipinski definition) is 0.